The molecule has 27 heavy (non-hydrogen) atoms. The molecule has 0 heterocycles. The standard InChI is InChI=1S/C22H27NO4/c1-4-16-15-19(9-11-21(16)27-3)17-5-7-18(8-6-17)20(24)10-12-22(25)23-13-14-26-2/h5-9,11,15H,4,10,12-14H2,1-3H3,(H,23,25). The predicted octanol–water partition coefficient (Wildman–Crippen LogP) is 3.65. The number of hydrogen-bond donors (Lipinski definition) is 1. The number of rotatable bonds is 10. The summed E-state index contributed by atoms with van der Waals surface area (Å²) in [6.07, 6.45) is 1.27. The molecule has 2 aromatic rings. The second-order valence-electron chi connectivity index (χ2n) is 6.22. The highest BCUT2D eigenvalue weighted by atomic mass is 16.5. The summed E-state index contributed by atoms with van der Waals surface area (Å²) >= 11 is 0. The Morgan fingerprint density at radius 2 is 1.67 bits per heavy atom. The molecule has 1 N–H and O–H groups in total. The largest absolute Gasteiger partial charge is 0.496 e. The van der Waals surface area contributed by atoms with Gasteiger partial charge in [0.25, 0.3) is 0 Å². The maximum atomic E-state index is 12.3. The van der Waals surface area contributed by atoms with Crippen LogP contribution < -0.4 is 10.1 Å². The molecular weight excluding hydrogens is 342 g/mol. The van der Waals surface area contributed by atoms with Gasteiger partial charge in [0.15, 0.2) is 5.78 Å². The number of aryl methyl sites for hydroxylation is 1. The van der Waals surface area contributed by atoms with Crippen LogP contribution in [0.2, 0.25) is 0 Å². The average Bonchev–Trinajstić information content (AvgIpc) is 2.71. The van der Waals surface area contributed by atoms with Crippen LogP contribution in [0.5, 0.6) is 5.75 Å². The van der Waals surface area contributed by atoms with Gasteiger partial charge in [-0.15, -0.1) is 0 Å². The Morgan fingerprint density at radius 1 is 0.963 bits per heavy atom. The van der Waals surface area contributed by atoms with Gasteiger partial charge in [-0.25, -0.2) is 0 Å². The van der Waals surface area contributed by atoms with Crippen molar-refractivity contribution < 1.29 is 19.1 Å². The molecule has 0 fully saturated rings. The quantitative estimate of drug-likeness (QED) is 0.513. The summed E-state index contributed by atoms with van der Waals surface area (Å²) in [7, 11) is 3.25. The fourth-order valence-corrected chi connectivity index (χ4v) is 2.84. The van der Waals surface area contributed by atoms with E-state index in [0.717, 1.165) is 28.9 Å². The van der Waals surface area contributed by atoms with Crippen molar-refractivity contribution in [3.63, 3.8) is 0 Å². The van der Waals surface area contributed by atoms with Crippen molar-refractivity contribution in [2.75, 3.05) is 27.4 Å². The number of ether oxygens (including phenoxy) is 2. The third-order valence-corrected chi connectivity index (χ3v) is 4.41. The van der Waals surface area contributed by atoms with E-state index in [1.165, 1.54) is 0 Å². The van der Waals surface area contributed by atoms with E-state index in [2.05, 4.69) is 18.3 Å². The van der Waals surface area contributed by atoms with E-state index in [-0.39, 0.29) is 24.5 Å². The van der Waals surface area contributed by atoms with Crippen LogP contribution in [0.1, 0.15) is 35.7 Å². The number of ketones is 1. The van der Waals surface area contributed by atoms with Crippen LogP contribution in [-0.2, 0) is 16.0 Å². The molecule has 0 atom stereocenters. The van der Waals surface area contributed by atoms with Crippen molar-refractivity contribution in [2.24, 2.45) is 0 Å². The van der Waals surface area contributed by atoms with Gasteiger partial charge in [-0.1, -0.05) is 37.3 Å². The van der Waals surface area contributed by atoms with Crippen LogP contribution in [0.4, 0.5) is 0 Å². The summed E-state index contributed by atoms with van der Waals surface area (Å²) in [6.45, 7) is 3.01. The summed E-state index contributed by atoms with van der Waals surface area (Å²) < 4.78 is 10.2. The molecule has 0 radical (unpaired) electrons. The highest BCUT2D eigenvalue weighted by Gasteiger charge is 2.10. The van der Waals surface area contributed by atoms with E-state index in [1.54, 1.807) is 14.2 Å². The van der Waals surface area contributed by atoms with E-state index in [4.69, 9.17) is 9.47 Å². The molecule has 2 rings (SSSR count). The smallest absolute Gasteiger partial charge is 0.220 e. The molecule has 0 saturated heterocycles. The summed E-state index contributed by atoms with van der Waals surface area (Å²) in [6, 6.07) is 13.6. The Hall–Kier alpha value is -2.66. The molecule has 0 aliphatic carbocycles. The lowest BCUT2D eigenvalue weighted by Crippen LogP contribution is -2.27. The molecule has 1 amide bonds. The second-order valence-corrected chi connectivity index (χ2v) is 6.22. The molecule has 0 aliphatic rings. The van der Waals surface area contributed by atoms with Crippen LogP contribution >= 0.6 is 0 Å². The number of benzene rings is 2. The highest BCUT2D eigenvalue weighted by Crippen LogP contribution is 2.27. The van der Waals surface area contributed by atoms with E-state index >= 15 is 0 Å². The average molecular weight is 369 g/mol. The zero-order chi connectivity index (χ0) is 19.6. The molecule has 0 aliphatic heterocycles. The number of hydrogen-bond acceptors (Lipinski definition) is 4. The van der Waals surface area contributed by atoms with Gasteiger partial charge in [0.1, 0.15) is 5.75 Å². The van der Waals surface area contributed by atoms with Crippen molar-refractivity contribution in [2.45, 2.75) is 26.2 Å². The van der Waals surface area contributed by atoms with Crippen molar-refractivity contribution in [1.29, 1.82) is 0 Å². The minimum absolute atomic E-state index is 0.0348. The Labute approximate surface area is 160 Å². The molecule has 0 unspecified atom stereocenters. The lowest BCUT2D eigenvalue weighted by Gasteiger charge is -2.10. The Kier molecular flexibility index (Phi) is 8.01. The minimum Gasteiger partial charge on any atom is -0.496 e. The normalized spacial score (nSPS) is 10.5. The lowest BCUT2D eigenvalue weighted by atomic mass is 9.98. The number of carbonyl (C=O) groups is 2. The second kappa shape index (κ2) is 10.5. The van der Waals surface area contributed by atoms with Crippen molar-refractivity contribution in [1.82, 2.24) is 5.32 Å². The van der Waals surface area contributed by atoms with Crippen LogP contribution in [0.15, 0.2) is 42.5 Å². The molecule has 0 aromatic heterocycles. The van der Waals surface area contributed by atoms with E-state index in [1.807, 2.05) is 36.4 Å². The maximum absolute atomic E-state index is 12.3. The monoisotopic (exact) mass is 369 g/mol. The van der Waals surface area contributed by atoms with Gasteiger partial charge in [-0.2, -0.15) is 0 Å². The van der Waals surface area contributed by atoms with Crippen molar-refractivity contribution in [3.8, 4) is 16.9 Å². The Morgan fingerprint density at radius 3 is 2.30 bits per heavy atom. The number of methoxy groups -OCH3 is 2. The van der Waals surface area contributed by atoms with E-state index < -0.39 is 0 Å². The van der Waals surface area contributed by atoms with Gasteiger partial charge in [0.05, 0.1) is 13.7 Å². The Balaban J connectivity index is 1.98. The van der Waals surface area contributed by atoms with Gasteiger partial charge in [-0.05, 0) is 35.2 Å². The summed E-state index contributed by atoms with van der Waals surface area (Å²) in [5, 5.41) is 2.71. The first-order valence-electron chi connectivity index (χ1n) is 9.15. The summed E-state index contributed by atoms with van der Waals surface area (Å²) in [4.78, 5) is 24.0. The van der Waals surface area contributed by atoms with E-state index in [9.17, 15) is 9.59 Å². The van der Waals surface area contributed by atoms with Crippen LogP contribution in [0, 0.1) is 0 Å². The molecular formula is C22H27NO4. The van der Waals surface area contributed by atoms with Crippen LogP contribution in [0.3, 0.4) is 0 Å². The molecule has 144 valence electrons. The van der Waals surface area contributed by atoms with E-state index in [0.29, 0.717) is 18.7 Å². The molecule has 5 heteroatoms. The van der Waals surface area contributed by atoms with Gasteiger partial charge in [0, 0.05) is 32.1 Å². The van der Waals surface area contributed by atoms with Crippen molar-refractivity contribution >= 4 is 11.7 Å². The molecule has 0 bridgehead atoms. The first-order valence-corrected chi connectivity index (χ1v) is 9.15. The third kappa shape index (κ3) is 5.93. The Bertz CT molecular complexity index is 768. The first kappa shape index (κ1) is 20.6. The summed E-state index contributed by atoms with van der Waals surface area (Å²) in [5.41, 5.74) is 3.90. The fraction of sp³-hybridized carbons (Fsp3) is 0.364. The number of Topliss-reactive ketones (excluding diaryl/α,β-unsaturated/α-hetero) is 1. The van der Waals surface area contributed by atoms with Gasteiger partial charge in [-0.3, -0.25) is 9.59 Å². The number of carbonyl (C=O) groups excluding carboxylic acids is 2. The zero-order valence-corrected chi connectivity index (χ0v) is 16.2. The molecule has 0 saturated carbocycles. The fourth-order valence-electron chi connectivity index (χ4n) is 2.84. The van der Waals surface area contributed by atoms with Crippen molar-refractivity contribution in [3.05, 3.63) is 53.6 Å². The predicted molar refractivity (Wildman–Crippen MR) is 106 cm³/mol. The van der Waals surface area contributed by atoms with Gasteiger partial charge in [0.2, 0.25) is 5.91 Å². The lowest BCUT2D eigenvalue weighted by molar-refractivity contribution is -0.121. The zero-order valence-electron chi connectivity index (χ0n) is 16.2. The van der Waals surface area contributed by atoms with Crippen LogP contribution in [-0.4, -0.2) is 39.1 Å². The van der Waals surface area contributed by atoms with Gasteiger partial charge < -0.3 is 14.8 Å². The number of nitrogens with one attached hydrogen (secondary N) is 1. The van der Waals surface area contributed by atoms with Gasteiger partial charge >= 0.3 is 0 Å². The molecule has 5 nitrogen and oxygen atoms in total. The number of amides is 1. The summed E-state index contributed by atoms with van der Waals surface area (Å²) in [5.74, 6) is 0.714. The maximum Gasteiger partial charge on any atom is 0.220 e. The highest BCUT2D eigenvalue weighted by molar-refractivity contribution is 5.98. The molecule has 0 spiro atoms. The third-order valence-electron chi connectivity index (χ3n) is 4.41. The SMILES string of the molecule is CCc1cc(-c2ccc(C(=O)CCC(=O)NCCOC)cc2)ccc1OC. The minimum atomic E-state index is -0.137. The molecule has 2 aromatic carbocycles. The topological polar surface area (TPSA) is 64.6 Å². The van der Waals surface area contributed by atoms with Crippen LogP contribution in [0.25, 0.3) is 11.1 Å². The first-order chi connectivity index (χ1) is 13.1.